The monoisotopic (exact) mass is 234 g/mol. The fourth-order valence-corrected chi connectivity index (χ4v) is 2.10. The SMILES string of the molecule is CCN(CCCOc1ccccc1)C1CNC1. The average Bonchev–Trinajstić information content (AvgIpc) is 2.32. The summed E-state index contributed by atoms with van der Waals surface area (Å²) in [6.07, 6.45) is 1.10. The van der Waals surface area contributed by atoms with E-state index in [-0.39, 0.29) is 0 Å². The van der Waals surface area contributed by atoms with Crippen LogP contribution >= 0.6 is 0 Å². The molecule has 0 atom stereocenters. The van der Waals surface area contributed by atoms with Crippen molar-refractivity contribution < 1.29 is 4.74 Å². The lowest BCUT2D eigenvalue weighted by Crippen LogP contribution is -2.57. The Morgan fingerprint density at radius 1 is 1.29 bits per heavy atom. The number of nitrogens with one attached hydrogen (secondary N) is 1. The molecule has 1 aliphatic heterocycles. The molecule has 17 heavy (non-hydrogen) atoms. The van der Waals surface area contributed by atoms with E-state index in [1.807, 2.05) is 30.3 Å². The van der Waals surface area contributed by atoms with Gasteiger partial charge in [-0.1, -0.05) is 25.1 Å². The third-order valence-electron chi connectivity index (χ3n) is 3.28. The molecular weight excluding hydrogens is 212 g/mol. The Hall–Kier alpha value is -1.06. The molecule has 3 nitrogen and oxygen atoms in total. The second kappa shape index (κ2) is 6.62. The minimum Gasteiger partial charge on any atom is -0.494 e. The van der Waals surface area contributed by atoms with E-state index in [0.29, 0.717) is 0 Å². The Balaban J connectivity index is 1.62. The van der Waals surface area contributed by atoms with Crippen LogP contribution in [0, 0.1) is 0 Å². The lowest BCUT2D eigenvalue weighted by atomic mass is 10.1. The summed E-state index contributed by atoms with van der Waals surface area (Å²) in [5.74, 6) is 0.973. The number of nitrogens with zero attached hydrogens (tertiary/aromatic N) is 1. The van der Waals surface area contributed by atoms with E-state index in [0.717, 1.165) is 51.0 Å². The highest BCUT2D eigenvalue weighted by Gasteiger charge is 2.22. The van der Waals surface area contributed by atoms with Gasteiger partial charge in [-0.3, -0.25) is 4.90 Å². The van der Waals surface area contributed by atoms with Gasteiger partial charge >= 0.3 is 0 Å². The molecule has 0 aliphatic carbocycles. The van der Waals surface area contributed by atoms with Gasteiger partial charge in [0.15, 0.2) is 0 Å². The standard InChI is InChI=1S/C14H22N2O/c1-2-16(13-11-15-12-13)9-6-10-17-14-7-4-3-5-8-14/h3-5,7-8,13,15H,2,6,9-12H2,1H3. The summed E-state index contributed by atoms with van der Waals surface area (Å²) in [5.41, 5.74) is 0. The maximum Gasteiger partial charge on any atom is 0.119 e. The van der Waals surface area contributed by atoms with E-state index in [4.69, 9.17) is 4.74 Å². The van der Waals surface area contributed by atoms with Crippen molar-refractivity contribution in [2.45, 2.75) is 19.4 Å². The van der Waals surface area contributed by atoms with Crippen LogP contribution in [0.4, 0.5) is 0 Å². The average molecular weight is 234 g/mol. The summed E-state index contributed by atoms with van der Waals surface area (Å²) in [7, 11) is 0. The third kappa shape index (κ3) is 3.72. The predicted molar refractivity (Wildman–Crippen MR) is 70.5 cm³/mol. The van der Waals surface area contributed by atoms with Crippen molar-refractivity contribution >= 4 is 0 Å². The number of benzene rings is 1. The zero-order valence-corrected chi connectivity index (χ0v) is 10.6. The summed E-state index contributed by atoms with van der Waals surface area (Å²) < 4.78 is 5.69. The van der Waals surface area contributed by atoms with Crippen molar-refractivity contribution in [3.63, 3.8) is 0 Å². The predicted octanol–water partition coefficient (Wildman–Crippen LogP) is 1.75. The highest BCUT2D eigenvalue weighted by Crippen LogP contribution is 2.09. The van der Waals surface area contributed by atoms with Crippen molar-refractivity contribution in [3.8, 4) is 5.75 Å². The fourth-order valence-electron chi connectivity index (χ4n) is 2.10. The lowest BCUT2D eigenvalue weighted by Gasteiger charge is -2.37. The van der Waals surface area contributed by atoms with Crippen LogP contribution in [0.1, 0.15) is 13.3 Å². The molecular formula is C14H22N2O. The molecule has 0 saturated carbocycles. The largest absolute Gasteiger partial charge is 0.494 e. The molecule has 1 aromatic carbocycles. The van der Waals surface area contributed by atoms with Gasteiger partial charge in [0.05, 0.1) is 6.61 Å². The summed E-state index contributed by atoms with van der Waals surface area (Å²) in [6.45, 7) is 7.60. The Bertz CT molecular complexity index is 311. The molecule has 1 aromatic rings. The van der Waals surface area contributed by atoms with Crippen LogP contribution in [0.2, 0.25) is 0 Å². The van der Waals surface area contributed by atoms with E-state index in [1.54, 1.807) is 0 Å². The van der Waals surface area contributed by atoms with Gasteiger partial charge in [-0.15, -0.1) is 0 Å². The van der Waals surface area contributed by atoms with Crippen LogP contribution in [-0.2, 0) is 0 Å². The van der Waals surface area contributed by atoms with Crippen molar-refractivity contribution in [2.75, 3.05) is 32.8 Å². The zero-order chi connectivity index (χ0) is 11.9. The van der Waals surface area contributed by atoms with Gasteiger partial charge in [-0.25, -0.2) is 0 Å². The van der Waals surface area contributed by atoms with Crippen LogP contribution < -0.4 is 10.1 Å². The second-order valence-electron chi connectivity index (χ2n) is 4.46. The first-order valence-corrected chi connectivity index (χ1v) is 6.52. The van der Waals surface area contributed by atoms with Crippen molar-refractivity contribution in [3.05, 3.63) is 30.3 Å². The lowest BCUT2D eigenvalue weighted by molar-refractivity contribution is 0.142. The maximum atomic E-state index is 5.69. The van der Waals surface area contributed by atoms with Crippen LogP contribution in [0.25, 0.3) is 0 Å². The van der Waals surface area contributed by atoms with E-state index >= 15 is 0 Å². The first-order chi connectivity index (χ1) is 8.40. The molecule has 1 saturated heterocycles. The van der Waals surface area contributed by atoms with Crippen LogP contribution in [0.5, 0.6) is 5.75 Å². The molecule has 94 valence electrons. The number of rotatable bonds is 7. The van der Waals surface area contributed by atoms with Gasteiger partial charge in [-0.05, 0) is 25.1 Å². The Morgan fingerprint density at radius 3 is 2.65 bits per heavy atom. The molecule has 1 N–H and O–H groups in total. The van der Waals surface area contributed by atoms with Crippen LogP contribution in [-0.4, -0.2) is 43.7 Å². The molecule has 0 bridgehead atoms. The summed E-state index contributed by atoms with van der Waals surface area (Å²) in [6, 6.07) is 10.8. The summed E-state index contributed by atoms with van der Waals surface area (Å²) >= 11 is 0. The zero-order valence-electron chi connectivity index (χ0n) is 10.6. The molecule has 3 heteroatoms. The van der Waals surface area contributed by atoms with Gasteiger partial charge in [-0.2, -0.15) is 0 Å². The summed E-state index contributed by atoms with van der Waals surface area (Å²) in [5, 5.41) is 3.32. The second-order valence-corrected chi connectivity index (χ2v) is 4.46. The molecule has 0 spiro atoms. The number of hydrogen-bond donors (Lipinski definition) is 1. The quantitative estimate of drug-likeness (QED) is 0.727. The number of ether oxygens (including phenoxy) is 1. The minimum atomic E-state index is 0.747. The van der Waals surface area contributed by atoms with Crippen LogP contribution in [0.15, 0.2) is 30.3 Å². The van der Waals surface area contributed by atoms with Crippen molar-refractivity contribution in [2.24, 2.45) is 0 Å². The molecule has 0 aromatic heterocycles. The molecule has 1 fully saturated rings. The molecule has 0 amide bonds. The van der Waals surface area contributed by atoms with Crippen molar-refractivity contribution in [1.82, 2.24) is 10.2 Å². The Kier molecular flexibility index (Phi) is 4.83. The molecule has 0 unspecified atom stereocenters. The van der Waals surface area contributed by atoms with E-state index < -0.39 is 0 Å². The summed E-state index contributed by atoms with van der Waals surface area (Å²) in [4.78, 5) is 2.53. The van der Waals surface area contributed by atoms with Gasteiger partial charge in [0, 0.05) is 25.7 Å². The topological polar surface area (TPSA) is 24.5 Å². The van der Waals surface area contributed by atoms with Gasteiger partial charge in [0.1, 0.15) is 5.75 Å². The van der Waals surface area contributed by atoms with Gasteiger partial charge < -0.3 is 10.1 Å². The van der Waals surface area contributed by atoms with Gasteiger partial charge in [0.2, 0.25) is 0 Å². The molecule has 0 radical (unpaired) electrons. The van der Waals surface area contributed by atoms with E-state index in [1.165, 1.54) is 0 Å². The van der Waals surface area contributed by atoms with Gasteiger partial charge in [0.25, 0.3) is 0 Å². The van der Waals surface area contributed by atoms with E-state index in [2.05, 4.69) is 17.1 Å². The normalized spacial score (nSPS) is 15.9. The number of para-hydroxylation sites is 1. The highest BCUT2D eigenvalue weighted by atomic mass is 16.5. The molecule has 2 rings (SSSR count). The number of hydrogen-bond acceptors (Lipinski definition) is 3. The first kappa shape index (κ1) is 12.4. The first-order valence-electron chi connectivity index (χ1n) is 6.52. The highest BCUT2D eigenvalue weighted by molar-refractivity contribution is 5.20. The molecule has 1 heterocycles. The third-order valence-corrected chi connectivity index (χ3v) is 3.28. The van der Waals surface area contributed by atoms with Crippen molar-refractivity contribution in [1.29, 1.82) is 0 Å². The molecule has 1 aliphatic rings. The smallest absolute Gasteiger partial charge is 0.119 e. The fraction of sp³-hybridized carbons (Fsp3) is 0.571. The Morgan fingerprint density at radius 2 is 2.06 bits per heavy atom. The van der Waals surface area contributed by atoms with E-state index in [9.17, 15) is 0 Å². The van der Waals surface area contributed by atoms with Crippen LogP contribution in [0.3, 0.4) is 0 Å². The maximum absolute atomic E-state index is 5.69. The number of likely N-dealkylation sites (N-methyl/N-ethyl adjacent to an activating group) is 1. The Labute approximate surface area is 104 Å². The minimum absolute atomic E-state index is 0.747.